The number of carbonyl (C=O) groups excluding carboxylic acids is 1. The Morgan fingerprint density at radius 1 is 1.17 bits per heavy atom. The van der Waals surface area contributed by atoms with Crippen LogP contribution in [-0.4, -0.2) is 21.5 Å². The summed E-state index contributed by atoms with van der Waals surface area (Å²) in [7, 11) is 0. The van der Waals surface area contributed by atoms with Gasteiger partial charge < -0.3 is 5.32 Å². The number of hydrogen-bond donors (Lipinski definition) is 2. The van der Waals surface area contributed by atoms with E-state index in [9.17, 15) is 14.4 Å². The fourth-order valence-electron chi connectivity index (χ4n) is 2.77. The summed E-state index contributed by atoms with van der Waals surface area (Å²) in [6.07, 6.45) is 3.09. The minimum atomic E-state index is -0.568. The van der Waals surface area contributed by atoms with Crippen LogP contribution in [0.15, 0.2) is 33.9 Å². The summed E-state index contributed by atoms with van der Waals surface area (Å²) in [6.45, 7) is 6.21. The van der Waals surface area contributed by atoms with Gasteiger partial charge in [0.1, 0.15) is 6.54 Å². The summed E-state index contributed by atoms with van der Waals surface area (Å²) < 4.78 is 1.30. The molecule has 1 amide bonds. The Balaban J connectivity index is 2.08. The lowest BCUT2D eigenvalue weighted by molar-refractivity contribution is -0.122. The Bertz CT molecular complexity index is 820. The molecule has 1 unspecified atom stereocenters. The van der Waals surface area contributed by atoms with Gasteiger partial charge in [-0.25, -0.2) is 4.79 Å². The molecule has 130 valence electrons. The van der Waals surface area contributed by atoms with Crippen LogP contribution in [0.1, 0.15) is 40.0 Å². The molecule has 0 aliphatic carbocycles. The largest absolute Gasteiger partial charge is 0.352 e. The van der Waals surface area contributed by atoms with E-state index in [0.29, 0.717) is 16.8 Å². The highest BCUT2D eigenvalue weighted by molar-refractivity contribution is 5.81. The first-order chi connectivity index (χ1) is 11.4. The van der Waals surface area contributed by atoms with Crippen LogP contribution in [0.3, 0.4) is 0 Å². The highest BCUT2D eigenvalue weighted by Crippen LogP contribution is 2.09. The van der Waals surface area contributed by atoms with Crippen molar-refractivity contribution in [3.63, 3.8) is 0 Å². The molecule has 0 saturated heterocycles. The van der Waals surface area contributed by atoms with Gasteiger partial charge in [-0.05, 0) is 31.4 Å². The normalized spacial score (nSPS) is 12.5. The molecule has 2 N–H and O–H groups in total. The number of para-hydroxylation sites is 1. The first-order valence-electron chi connectivity index (χ1n) is 8.39. The lowest BCUT2D eigenvalue weighted by Crippen LogP contribution is -2.39. The number of fused-ring (bicyclic) bond motifs is 1. The standard InChI is InChI=1S/C18H25N3O3/c1-12(2)7-6-8-13(3)19-16(22)11-21-15-10-5-4-9-14(15)17(23)20-18(21)24/h4-5,9-10,12-13H,6-8,11H2,1-3H3,(H,19,22)(H,20,23,24). The van der Waals surface area contributed by atoms with Gasteiger partial charge in [0, 0.05) is 6.04 Å². The van der Waals surface area contributed by atoms with Crippen molar-refractivity contribution in [2.45, 2.75) is 52.6 Å². The first-order valence-corrected chi connectivity index (χ1v) is 8.39. The number of aromatic nitrogens is 2. The van der Waals surface area contributed by atoms with Crippen LogP contribution in [0, 0.1) is 5.92 Å². The van der Waals surface area contributed by atoms with E-state index in [4.69, 9.17) is 0 Å². The molecule has 0 aliphatic rings. The molecule has 1 heterocycles. The van der Waals surface area contributed by atoms with Crippen molar-refractivity contribution in [2.24, 2.45) is 5.92 Å². The van der Waals surface area contributed by atoms with E-state index in [2.05, 4.69) is 24.1 Å². The molecule has 1 atom stereocenters. The second-order valence-electron chi connectivity index (χ2n) is 6.66. The van der Waals surface area contributed by atoms with Gasteiger partial charge >= 0.3 is 5.69 Å². The van der Waals surface area contributed by atoms with Gasteiger partial charge in [0.15, 0.2) is 0 Å². The van der Waals surface area contributed by atoms with Crippen LogP contribution >= 0.6 is 0 Å². The molecule has 0 fully saturated rings. The number of benzene rings is 1. The summed E-state index contributed by atoms with van der Waals surface area (Å²) in [5, 5.41) is 3.32. The SMILES string of the molecule is CC(C)CCCC(C)NC(=O)Cn1c(=O)[nH]c(=O)c2ccccc21. The fraction of sp³-hybridized carbons (Fsp3) is 0.500. The third kappa shape index (κ3) is 4.57. The minimum absolute atomic E-state index is 0.0565. The Kier molecular flexibility index (Phi) is 5.95. The zero-order valence-electron chi connectivity index (χ0n) is 14.5. The van der Waals surface area contributed by atoms with E-state index in [1.54, 1.807) is 24.3 Å². The number of amides is 1. The average Bonchev–Trinajstić information content (AvgIpc) is 2.51. The van der Waals surface area contributed by atoms with Gasteiger partial charge in [-0.3, -0.25) is 19.1 Å². The molecule has 1 aromatic carbocycles. The monoisotopic (exact) mass is 331 g/mol. The predicted octanol–water partition coefficient (Wildman–Crippen LogP) is 2.02. The summed E-state index contributed by atoms with van der Waals surface area (Å²) in [4.78, 5) is 38.4. The quantitative estimate of drug-likeness (QED) is 0.814. The van der Waals surface area contributed by atoms with Crippen molar-refractivity contribution in [1.82, 2.24) is 14.9 Å². The molecule has 0 spiro atoms. The molecule has 0 saturated carbocycles. The summed E-state index contributed by atoms with van der Waals surface area (Å²) >= 11 is 0. The van der Waals surface area contributed by atoms with Crippen LogP contribution < -0.4 is 16.6 Å². The molecule has 0 bridgehead atoms. The van der Waals surface area contributed by atoms with Crippen molar-refractivity contribution >= 4 is 16.8 Å². The number of carbonyl (C=O) groups is 1. The topological polar surface area (TPSA) is 84.0 Å². The fourth-order valence-corrected chi connectivity index (χ4v) is 2.77. The Morgan fingerprint density at radius 3 is 2.58 bits per heavy atom. The van der Waals surface area contributed by atoms with Crippen LogP contribution in [-0.2, 0) is 11.3 Å². The van der Waals surface area contributed by atoms with Gasteiger partial charge in [-0.15, -0.1) is 0 Å². The maximum atomic E-state index is 12.2. The molecular weight excluding hydrogens is 306 g/mol. The summed E-state index contributed by atoms with van der Waals surface area (Å²) in [5.74, 6) is 0.422. The van der Waals surface area contributed by atoms with Crippen LogP contribution in [0.5, 0.6) is 0 Å². The number of H-pyrrole nitrogens is 1. The maximum Gasteiger partial charge on any atom is 0.329 e. The van der Waals surface area contributed by atoms with E-state index in [1.807, 2.05) is 6.92 Å². The second kappa shape index (κ2) is 7.95. The number of aromatic amines is 1. The average molecular weight is 331 g/mol. The lowest BCUT2D eigenvalue weighted by Gasteiger charge is -2.15. The molecule has 2 aromatic rings. The number of rotatable bonds is 7. The maximum absolute atomic E-state index is 12.2. The van der Waals surface area contributed by atoms with Gasteiger partial charge in [-0.2, -0.15) is 0 Å². The Hall–Kier alpha value is -2.37. The van der Waals surface area contributed by atoms with Crippen molar-refractivity contribution in [2.75, 3.05) is 0 Å². The zero-order valence-corrected chi connectivity index (χ0v) is 14.5. The molecule has 1 aromatic heterocycles. The van der Waals surface area contributed by atoms with Gasteiger partial charge in [0.2, 0.25) is 5.91 Å². The van der Waals surface area contributed by atoms with E-state index >= 15 is 0 Å². The van der Waals surface area contributed by atoms with Crippen molar-refractivity contribution in [1.29, 1.82) is 0 Å². The number of nitrogens with zero attached hydrogens (tertiary/aromatic N) is 1. The number of nitrogens with one attached hydrogen (secondary N) is 2. The first kappa shape index (κ1) is 18.0. The van der Waals surface area contributed by atoms with Crippen molar-refractivity contribution in [3.8, 4) is 0 Å². The predicted molar refractivity (Wildman–Crippen MR) is 95.1 cm³/mol. The Labute approximate surface area is 140 Å². The zero-order chi connectivity index (χ0) is 17.7. The van der Waals surface area contributed by atoms with Gasteiger partial charge in [0.05, 0.1) is 10.9 Å². The highest BCUT2D eigenvalue weighted by atomic mass is 16.2. The van der Waals surface area contributed by atoms with E-state index in [0.717, 1.165) is 19.3 Å². The summed E-state index contributed by atoms with van der Waals surface area (Å²) in [5.41, 5.74) is -0.538. The number of hydrogen-bond acceptors (Lipinski definition) is 3. The highest BCUT2D eigenvalue weighted by Gasteiger charge is 2.12. The molecule has 2 rings (SSSR count). The molecule has 0 radical (unpaired) electrons. The van der Waals surface area contributed by atoms with Crippen LogP contribution in [0.4, 0.5) is 0 Å². The molecule has 6 heteroatoms. The summed E-state index contributed by atoms with van der Waals surface area (Å²) in [6, 6.07) is 6.83. The molecule has 6 nitrogen and oxygen atoms in total. The second-order valence-corrected chi connectivity index (χ2v) is 6.66. The minimum Gasteiger partial charge on any atom is -0.352 e. The third-order valence-electron chi connectivity index (χ3n) is 4.03. The van der Waals surface area contributed by atoms with E-state index in [1.165, 1.54) is 4.57 Å². The van der Waals surface area contributed by atoms with Crippen LogP contribution in [0.2, 0.25) is 0 Å². The van der Waals surface area contributed by atoms with Crippen molar-refractivity contribution < 1.29 is 4.79 Å². The van der Waals surface area contributed by atoms with Crippen LogP contribution in [0.25, 0.3) is 10.9 Å². The van der Waals surface area contributed by atoms with Gasteiger partial charge in [-0.1, -0.05) is 38.8 Å². The van der Waals surface area contributed by atoms with E-state index < -0.39 is 11.2 Å². The van der Waals surface area contributed by atoms with Gasteiger partial charge in [0.25, 0.3) is 5.56 Å². The third-order valence-corrected chi connectivity index (χ3v) is 4.03. The molecular formula is C18H25N3O3. The smallest absolute Gasteiger partial charge is 0.329 e. The molecule has 24 heavy (non-hydrogen) atoms. The molecule has 0 aliphatic heterocycles. The Morgan fingerprint density at radius 2 is 1.88 bits per heavy atom. The van der Waals surface area contributed by atoms with E-state index in [-0.39, 0.29) is 18.5 Å². The lowest BCUT2D eigenvalue weighted by atomic mass is 10.0. The van der Waals surface area contributed by atoms with Crippen molar-refractivity contribution in [3.05, 3.63) is 45.1 Å².